The molecule has 3 atom stereocenters. The zero-order chi connectivity index (χ0) is 11.5. The number of hydrogen-bond donors (Lipinski definition) is 1. The van der Waals surface area contributed by atoms with Gasteiger partial charge in [-0.25, -0.2) is 0 Å². The summed E-state index contributed by atoms with van der Waals surface area (Å²) in [4.78, 5) is 11.1. The lowest BCUT2D eigenvalue weighted by Crippen LogP contribution is -2.35. The van der Waals surface area contributed by atoms with Crippen LogP contribution in [0.4, 0.5) is 0 Å². The van der Waals surface area contributed by atoms with Crippen LogP contribution in [0.5, 0.6) is 0 Å². The van der Waals surface area contributed by atoms with Gasteiger partial charge in [0.05, 0.1) is 0 Å². The van der Waals surface area contributed by atoms with Crippen molar-refractivity contribution in [1.82, 2.24) is 0 Å². The van der Waals surface area contributed by atoms with Crippen LogP contribution in [0.2, 0.25) is 0 Å². The fourth-order valence-corrected chi connectivity index (χ4v) is 2.38. The first-order valence-corrected chi connectivity index (χ1v) is 5.51. The third kappa shape index (κ3) is 3.32. The van der Waals surface area contributed by atoms with Crippen LogP contribution in [-0.2, 0) is 4.79 Å². The summed E-state index contributed by atoms with van der Waals surface area (Å²) in [6, 6.07) is 0. The Morgan fingerprint density at radius 3 is 1.93 bits per heavy atom. The zero-order valence-electron chi connectivity index (χ0n) is 10.4. The van der Waals surface area contributed by atoms with Crippen LogP contribution >= 0.6 is 0 Å². The molecule has 0 heterocycles. The molecule has 0 aliphatic heterocycles. The molecule has 0 fully saturated rings. The molecule has 2 N–H and O–H groups in total. The summed E-state index contributed by atoms with van der Waals surface area (Å²) in [5.74, 6) is 0.696. The van der Waals surface area contributed by atoms with E-state index in [0.717, 1.165) is 6.42 Å². The highest BCUT2D eigenvalue weighted by Crippen LogP contribution is 2.37. The van der Waals surface area contributed by atoms with E-state index in [1.165, 1.54) is 0 Å². The van der Waals surface area contributed by atoms with Crippen LogP contribution in [0.25, 0.3) is 0 Å². The molecule has 0 aromatic heterocycles. The molecule has 0 aromatic carbocycles. The van der Waals surface area contributed by atoms with Gasteiger partial charge in [-0.15, -0.1) is 0 Å². The van der Waals surface area contributed by atoms with Crippen molar-refractivity contribution in [3.63, 3.8) is 0 Å². The minimum atomic E-state index is -0.180. The Morgan fingerprint density at radius 1 is 1.29 bits per heavy atom. The van der Waals surface area contributed by atoms with Crippen molar-refractivity contribution in [2.24, 2.45) is 28.9 Å². The minimum absolute atomic E-state index is 0.0285. The van der Waals surface area contributed by atoms with Gasteiger partial charge in [-0.1, -0.05) is 48.0 Å². The van der Waals surface area contributed by atoms with Gasteiger partial charge >= 0.3 is 0 Å². The van der Waals surface area contributed by atoms with E-state index in [2.05, 4.69) is 34.6 Å². The summed E-state index contributed by atoms with van der Waals surface area (Å²) >= 11 is 0. The standard InChI is InChI=1S/C12H25NO/c1-7-10(12(4,5)6)8(2)9(3)11(13)14/h8-10H,7H2,1-6H3,(H2,13,14). The summed E-state index contributed by atoms with van der Waals surface area (Å²) in [6.45, 7) is 12.9. The van der Waals surface area contributed by atoms with E-state index in [-0.39, 0.29) is 17.2 Å². The predicted molar refractivity (Wildman–Crippen MR) is 60.8 cm³/mol. The highest BCUT2D eigenvalue weighted by molar-refractivity contribution is 5.76. The van der Waals surface area contributed by atoms with Crippen molar-refractivity contribution in [1.29, 1.82) is 0 Å². The normalized spacial score (nSPS) is 18.7. The molecule has 0 saturated carbocycles. The topological polar surface area (TPSA) is 43.1 Å². The summed E-state index contributed by atoms with van der Waals surface area (Å²) < 4.78 is 0. The summed E-state index contributed by atoms with van der Waals surface area (Å²) in [7, 11) is 0. The van der Waals surface area contributed by atoms with Gasteiger partial charge in [0.1, 0.15) is 0 Å². The first-order chi connectivity index (χ1) is 6.21. The number of carbonyl (C=O) groups excluding carboxylic acids is 1. The Labute approximate surface area is 88.3 Å². The molecule has 0 saturated heterocycles. The van der Waals surface area contributed by atoms with Gasteiger partial charge in [0.2, 0.25) is 5.91 Å². The van der Waals surface area contributed by atoms with Crippen LogP contribution in [0.1, 0.15) is 48.0 Å². The smallest absolute Gasteiger partial charge is 0.220 e. The lowest BCUT2D eigenvalue weighted by molar-refractivity contribution is -0.123. The molecule has 14 heavy (non-hydrogen) atoms. The fourth-order valence-electron chi connectivity index (χ4n) is 2.38. The fraction of sp³-hybridized carbons (Fsp3) is 0.917. The van der Waals surface area contributed by atoms with Crippen molar-refractivity contribution in [3.05, 3.63) is 0 Å². The molecule has 0 rings (SSSR count). The Hall–Kier alpha value is -0.530. The predicted octanol–water partition coefficient (Wildman–Crippen LogP) is 2.82. The number of nitrogens with two attached hydrogens (primary N) is 1. The van der Waals surface area contributed by atoms with Gasteiger partial charge in [-0.05, 0) is 17.3 Å². The van der Waals surface area contributed by atoms with E-state index >= 15 is 0 Å². The van der Waals surface area contributed by atoms with Crippen LogP contribution in [0, 0.1) is 23.2 Å². The van der Waals surface area contributed by atoms with Gasteiger partial charge in [-0.3, -0.25) is 4.79 Å². The van der Waals surface area contributed by atoms with Gasteiger partial charge < -0.3 is 5.73 Å². The maximum Gasteiger partial charge on any atom is 0.220 e. The highest BCUT2D eigenvalue weighted by atomic mass is 16.1. The quantitative estimate of drug-likeness (QED) is 0.743. The maximum atomic E-state index is 11.1. The number of rotatable bonds is 4. The average molecular weight is 199 g/mol. The molecule has 0 aliphatic rings. The Bertz CT molecular complexity index is 193. The Balaban J connectivity index is 4.62. The molecule has 0 bridgehead atoms. The molecular formula is C12H25NO. The molecule has 0 aromatic rings. The number of primary amides is 1. The molecule has 0 aliphatic carbocycles. The molecule has 2 nitrogen and oxygen atoms in total. The SMILES string of the molecule is CCC(C(C)C(C)C(N)=O)C(C)(C)C. The second kappa shape index (κ2) is 4.81. The van der Waals surface area contributed by atoms with E-state index in [9.17, 15) is 4.79 Å². The molecule has 2 heteroatoms. The second-order valence-electron chi connectivity index (χ2n) is 5.43. The minimum Gasteiger partial charge on any atom is -0.369 e. The number of hydrogen-bond acceptors (Lipinski definition) is 1. The zero-order valence-corrected chi connectivity index (χ0v) is 10.4. The van der Waals surface area contributed by atoms with E-state index in [4.69, 9.17) is 5.73 Å². The van der Waals surface area contributed by atoms with Crippen LogP contribution in [0.15, 0.2) is 0 Å². The highest BCUT2D eigenvalue weighted by Gasteiger charge is 2.32. The van der Waals surface area contributed by atoms with Gasteiger partial charge in [0.25, 0.3) is 0 Å². The van der Waals surface area contributed by atoms with Gasteiger partial charge in [0.15, 0.2) is 0 Å². The lowest BCUT2D eigenvalue weighted by atomic mass is 9.68. The number of amides is 1. The molecule has 0 spiro atoms. The maximum absolute atomic E-state index is 11.1. The van der Waals surface area contributed by atoms with Crippen molar-refractivity contribution < 1.29 is 4.79 Å². The molecule has 84 valence electrons. The Kier molecular flexibility index (Phi) is 4.63. The summed E-state index contributed by atoms with van der Waals surface area (Å²) in [5, 5.41) is 0. The molecule has 0 radical (unpaired) electrons. The van der Waals surface area contributed by atoms with Crippen molar-refractivity contribution in [2.45, 2.75) is 48.0 Å². The van der Waals surface area contributed by atoms with Crippen molar-refractivity contribution in [3.8, 4) is 0 Å². The van der Waals surface area contributed by atoms with Crippen LogP contribution in [0.3, 0.4) is 0 Å². The van der Waals surface area contributed by atoms with E-state index < -0.39 is 0 Å². The molecule has 1 amide bonds. The van der Waals surface area contributed by atoms with Crippen molar-refractivity contribution in [2.75, 3.05) is 0 Å². The number of carbonyl (C=O) groups is 1. The van der Waals surface area contributed by atoms with Gasteiger partial charge in [0, 0.05) is 5.92 Å². The van der Waals surface area contributed by atoms with Crippen LogP contribution in [-0.4, -0.2) is 5.91 Å². The summed E-state index contributed by atoms with van der Waals surface area (Å²) in [6.07, 6.45) is 1.10. The van der Waals surface area contributed by atoms with E-state index in [1.807, 2.05) is 6.92 Å². The Morgan fingerprint density at radius 2 is 1.71 bits per heavy atom. The third-order valence-electron chi connectivity index (χ3n) is 3.42. The monoisotopic (exact) mass is 199 g/mol. The van der Waals surface area contributed by atoms with Crippen molar-refractivity contribution >= 4 is 5.91 Å². The van der Waals surface area contributed by atoms with E-state index in [0.29, 0.717) is 11.8 Å². The second-order valence-corrected chi connectivity index (χ2v) is 5.43. The van der Waals surface area contributed by atoms with Crippen LogP contribution < -0.4 is 5.73 Å². The third-order valence-corrected chi connectivity index (χ3v) is 3.42. The largest absolute Gasteiger partial charge is 0.369 e. The first kappa shape index (κ1) is 13.5. The van der Waals surface area contributed by atoms with Gasteiger partial charge in [-0.2, -0.15) is 0 Å². The molecule has 3 unspecified atom stereocenters. The lowest BCUT2D eigenvalue weighted by Gasteiger charge is -2.36. The van der Waals surface area contributed by atoms with E-state index in [1.54, 1.807) is 0 Å². The summed E-state index contributed by atoms with van der Waals surface area (Å²) in [5.41, 5.74) is 5.58. The molecular weight excluding hydrogens is 174 g/mol. The average Bonchev–Trinajstić information content (AvgIpc) is 2.01. The first-order valence-electron chi connectivity index (χ1n) is 5.51.